The van der Waals surface area contributed by atoms with Crippen LogP contribution < -0.4 is 9.47 Å². The summed E-state index contributed by atoms with van der Waals surface area (Å²) in [5, 5.41) is -1.06. The Labute approximate surface area is 160 Å². The zero-order valence-corrected chi connectivity index (χ0v) is 16.6. The molecule has 7 heteroatoms. The molecule has 1 atom stereocenters. The van der Waals surface area contributed by atoms with Crippen LogP contribution in [-0.4, -0.2) is 38.5 Å². The molecule has 0 aliphatic heterocycles. The number of rotatable bonds is 10. The Balaban J connectivity index is 2.32. The maximum Gasteiger partial charge on any atom is 0.224 e. The van der Waals surface area contributed by atoms with Crippen molar-refractivity contribution in [3.05, 3.63) is 59.7 Å². The van der Waals surface area contributed by atoms with Gasteiger partial charge in [-0.3, -0.25) is 0 Å². The second kappa shape index (κ2) is 9.53. The Morgan fingerprint density at radius 1 is 0.889 bits per heavy atom. The molecular weight excluding hydrogens is 366 g/mol. The first-order valence-corrected chi connectivity index (χ1v) is 10.1. The van der Waals surface area contributed by atoms with Crippen molar-refractivity contribution in [1.29, 1.82) is 0 Å². The van der Waals surface area contributed by atoms with Crippen LogP contribution in [0.3, 0.4) is 0 Å². The third kappa shape index (κ3) is 5.30. The lowest BCUT2D eigenvalue weighted by Crippen LogP contribution is -2.38. The average molecular weight is 391 g/mol. The zero-order valence-electron chi connectivity index (χ0n) is 15.8. The van der Waals surface area contributed by atoms with E-state index in [1.54, 1.807) is 45.4 Å². The number of ether oxygens (including phenoxy) is 2. The van der Waals surface area contributed by atoms with Crippen molar-refractivity contribution in [2.75, 3.05) is 14.2 Å². The maximum atomic E-state index is 13.0. The van der Waals surface area contributed by atoms with Gasteiger partial charge in [0.2, 0.25) is 10.0 Å². The summed E-state index contributed by atoms with van der Waals surface area (Å²) in [5.41, 5.74) is 1.63. The lowest BCUT2D eigenvalue weighted by Gasteiger charge is -2.25. The Hall–Kier alpha value is -2.38. The van der Waals surface area contributed by atoms with Crippen molar-refractivity contribution in [1.82, 2.24) is 4.31 Å². The summed E-state index contributed by atoms with van der Waals surface area (Å²) in [6.07, 6.45) is 0.734. The van der Waals surface area contributed by atoms with Crippen molar-refractivity contribution in [3.8, 4) is 11.5 Å². The second-order valence-corrected chi connectivity index (χ2v) is 8.24. The first-order chi connectivity index (χ1) is 12.9. The molecular formula is C20H25NO5S. The van der Waals surface area contributed by atoms with Crippen LogP contribution in [-0.2, 0) is 27.9 Å². The molecule has 146 valence electrons. The summed E-state index contributed by atoms with van der Waals surface area (Å²) >= 11 is 0. The summed E-state index contributed by atoms with van der Waals surface area (Å²) in [6, 6.07) is 14.4. The smallest absolute Gasteiger partial charge is 0.224 e. The number of aldehydes is 1. The standard InChI is InChI=1S/C20H25NO5S/c1-4-20(15-22)27(23,24)21(13-16-5-9-18(25-2)10-6-16)14-17-7-11-19(26-3)12-8-17/h5-12,15,20H,4,13-14H2,1-3H3/t20-/m0/s1. The number of hydrogen-bond acceptors (Lipinski definition) is 5. The predicted octanol–water partition coefficient (Wildman–Crippen LogP) is 3.01. The number of hydrogen-bond donors (Lipinski definition) is 0. The third-order valence-corrected chi connectivity index (χ3v) is 6.52. The largest absolute Gasteiger partial charge is 0.497 e. The molecule has 2 aromatic carbocycles. The van der Waals surface area contributed by atoms with Gasteiger partial charge in [-0.25, -0.2) is 8.42 Å². The van der Waals surface area contributed by atoms with E-state index in [9.17, 15) is 13.2 Å². The van der Waals surface area contributed by atoms with Gasteiger partial charge in [0.1, 0.15) is 23.0 Å². The predicted molar refractivity (Wildman–Crippen MR) is 104 cm³/mol. The Kier molecular flexibility index (Phi) is 7.38. The van der Waals surface area contributed by atoms with Gasteiger partial charge in [0.15, 0.2) is 0 Å². The van der Waals surface area contributed by atoms with Gasteiger partial charge in [-0.1, -0.05) is 31.2 Å². The molecule has 0 saturated heterocycles. The van der Waals surface area contributed by atoms with Crippen LogP contribution in [0.2, 0.25) is 0 Å². The van der Waals surface area contributed by atoms with E-state index < -0.39 is 15.3 Å². The summed E-state index contributed by atoms with van der Waals surface area (Å²) < 4.78 is 37.6. The zero-order chi connectivity index (χ0) is 19.9. The van der Waals surface area contributed by atoms with Crippen LogP contribution >= 0.6 is 0 Å². The highest BCUT2D eigenvalue weighted by Crippen LogP contribution is 2.21. The van der Waals surface area contributed by atoms with Crippen molar-refractivity contribution in [2.45, 2.75) is 31.7 Å². The number of methoxy groups -OCH3 is 2. The van der Waals surface area contributed by atoms with Crippen LogP contribution in [0.15, 0.2) is 48.5 Å². The van der Waals surface area contributed by atoms with Crippen LogP contribution in [0.1, 0.15) is 24.5 Å². The van der Waals surface area contributed by atoms with Gasteiger partial charge < -0.3 is 14.3 Å². The van der Waals surface area contributed by atoms with Gasteiger partial charge in [0, 0.05) is 13.1 Å². The SMILES string of the molecule is CC[C@@H](C=O)S(=O)(=O)N(Cc1ccc(OC)cc1)Cc1ccc(OC)cc1. The van der Waals surface area contributed by atoms with Crippen LogP contribution in [0, 0.1) is 0 Å². The lowest BCUT2D eigenvalue weighted by atomic mass is 10.2. The molecule has 0 N–H and O–H groups in total. The van der Waals surface area contributed by atoms with E-state index in [1.165, 1.54) is 4.31 Å². The third-order valence-electron chi connectivity index (χ3n) is 4.33. The van der Waals surface area contributed by atoms with Crippen molar-refractivity contribution < 1.29 is 22.7 Å². The van der Waals surface area contributed by atoms with Crippen LogP contribution in [0.5, 0.6) is 11.5 Å². The van der Waals surface area contributed by atoms with Crippen molar-refractivity contribution in [2.24, 2.45) is 0 Å². The first-order valence-electron chi connectivity index (χ1n) is 8.64. The van der Waals surface area contributed by atoms with E-state index in [-0.39, 0.29) is 19.5 Å². The minimum Gasteiger partial charge on any atom is -0.497 e. The van der Waals surface area contributed by atoms with E-state index in [2.05, 4.69) is 0 Å². The molecule has 0 radical (unpaired) electrons. The monoisotopic (exact) mass is 391 g/mol. The van der Waals surface area contributed by atoms with E-state index in [0.717, 1.165) is 11.1 Å². The highest BCUT2D eigenvalue weighted by atomic mass is 32.2. The highest BCUT2D eigenvalue weighted by Gasteiger charge is 2.30. The highest BCUT2D eigenvalue weighted by molar-refractivity contribution is 7.90. The van der Waals surface area contributed by atoms with E-state index >= 15 is 0 Å². The number of carbonyl (C=O) groups is 1. The van der Waals surface area contributed by atoms with Crippen LogP contribution in [0.4, 0.5) is 0 Å². The normalized spacial score (nSPS) is 12.6. The minimum atomic E-state index is -3.79. The fraction of sp³-hybridized carbons (Fsp3) is 0.350. The summed E-state index contributed by atoms with van der Waals surface area (Å²) in [5.74, 6) is 1.39. The molecule has 2 aromatic rings. The minimum absolute atomic E-state index is 0.169. The van der Waals surface area contributed by atoms with Crippen molar-refractivity contribution in [3.63, 3.8) is 0 Å². The second-order valence-electron chi connectivity index (χ2n) is 6.09. The first kappa shape index (κ1) is 20.9. The topological polar surface area (TPSA) is 72.9 Å². The van der Waals surface area contributed by atoms with E-state index in [1.807, 2.05) is 24.3 Å². The van der Waals surface area contributed by atoms with Gasteiger partial charge in [0.25, 0.3) is 0 Å². The molecule has 0 aliphatic carbocycles. The molecule has 27 heavy (non-hydrogen) atoms. The Morgan fingerprint density at radius 3 is 1.59 bits per heavy atom. The molecule has 0 aliphatic rings. The molecule has 0 bridgehead atoms. The van der Waals surface area contributed by atoms with Gasteiger partial charge in [-0.15, -0.1) is 0 Å². The van der Waals surface area contributed by atoms with Crippen LogP contribution in [0.25, 0.3) is 0 Å². The average Bonchev–Trinajstić information content (AvgIpc) is 2.69. The quantitative estimate of drug-likeness (QED) is 0.582. The van der Waals surface area contributed by atoms with E-state index in [4.69, 9.17) is 9.47 Å². The lowest BCUT2D eigenvalue weighted by molar-refractivity contribution is -0.107. The molecule has 0 heterocycles. The van der Waals surface area contributed by atoms with Gasteiger partial charge in [0.05, 0.1) is 14.2 Å². The molecule has 0 unspecified atom stereocenters. The Morgan fingerprint density at radius 2 is 1.30 bits per heavy atom. The van der Waals surface area contributed by atoms with Gasteiger partial charge in [-0.05, 0) is 41.8 Å². The number of nitrogens with zero attached hydrogens (tertiary/aromatic N) is 1. The summed E-state index contributed by atoms with van der Waals surface area (Å²) in [7, 11) is -0.639. The number of carbonyl (C=O) groups excluding carboxylic acids is 1. The molecule has 0 fully saturated rings. The van der Waals surface area contributed by atoms with Gasteiger partial charge >= 0.3 is 0 Å². The van der Waals surface area contributed by atoms with Gasteiger partial charge in [-0.2, -0.15) is 4.31 Å². The maximum absolute atomic E-state index is 13.0. The summed E-state index contributed by atoms with van der Waals surface area (Å²) in [6.45, 7) is 2.03. The molecule has 0 aromatic heterocycles. The molecule has 6 nitrogen and oxygen atoms in total. The van der Waals surface area contributed by atoms with Crippen molar-refractivity contribution >= 4 is 16.3 Å². The molecule has 2 rings (SSSR count). The fourth-order valence-corrected chi connectivity index (χ4v) is 4.28. The summed E-state index contributed by atoms with van der Waals surface area (Å²) in [4.78, 5) is 11.3. The fourth-order valence-electron chi connectivity index (χ4n) is 2.67. The van der Waals surface area contributed by atoms with E-state index in [0.29, 0.717) is 17.8 Å². The Bertz CT molecular complexity index is 782. The number of benzene rings is 2. The molecule has 0 spiro atoms. The number of sulfonamides is 1. The molecule has 0 saturated carbocycles. The molecule has 0 amide bonds.